The van der Waals surface area contributed by atoms with Crippen molar-refractivity contribution in [3.8, 4) is 11.4 Å². The Morgan fingerprint density at radius 2 is 2.03 bits per heavy atom. The zero-order valence-electron chi connectivity index (χ0n) is 17.8. The van der Waals surface area contributed by atoms with Gasteiger partial charge in [0.15, 0.2) is 0 Å². The number of hydrogen-bond donors (Lipinski definition) is 0. The molecule has 2 saturated heterocycles. The van der Waals surface area contributed by atoms with E-state index in [0.29, 0.717) is 24.8 Å². The quantitative estimate of drug-likeness (QED) is 0.655. The van der Waals surface area contributed by atoms with E-state index in [-0.39, 0.29) is 5.91 Å². The number of aromatic nitrogens is 2. The number of benzene rings is 1. The van der Waals surface area contributed by atoms with E-state index in [1.807, 2.05) is 29.2 Å². The van der Waals surface area contributed by atoms with Crippen molar-refractivity contribution >= 4 is 5.91 Å². The molecule has 0 radical (unpaired) electrons. The van der Waals surface area contributed by atoms with Gasteiger partial charge in [-0.2, -0.15) is 5.10 Å². The third-order valence-corrected chi connectivity index (χ3v) is 5.99. The first-order valence-electron chi connectivity index (χ1n) is 11.1. The molecule has 1 amide bonds. The van der Waals surface area contributed by atoms with Crippen LogP contribution in [-0.2, 0) is 4.74 Å². The zero-order valence-corrected chi connectivity index (χ0v) is 17.8. The lowest BCUT2D eigenvalue weighted by molar-refractivity contribution is 0.0741. The highest BCUT2D eigenvalue weighted by Crippen LogP contribution is 2.18. The van der Waals surface area contributed by atoms with E-state index in [1.54, 1.807) is 17.1 Å². The summed E-state index contributed by atoms with van der Waals surface area (Å²) in [7, 11) is 0. The van der Waals surface area contributed by atoms with Gasteiger partial charge in [0.05, 0.1) is 30.7 Å². The van der Waals surface area contributed by atoms with E-state index in [1.165, 1.54) is 19.4 Å². The third-order valence-electron chi connectivity index (χ3n) is 5.99. The average molecular weight is 413 g/mol. The van der Waals surface area contributed by atoms with Crippen molar-refractivity contribution in [2.45, 2.75) is 38.6 Å². The SMILES string of the molecule is CC1CCCN1CCCOc1ccc(-n2cc(C(=O)N3CCCOCC3)cn2)cc1. The molecule has 2 fully saturated rings. The largest absolute Gasteiger partial charge is 0.494 e. The Hall–Kier alpha value is -2.38. The molecule has 1 aromatic heterocycles. The first-order chi connectivity index (χ1) is 14.7. The van der Waals surface area contributed by atoms with Gasteiger partial charge in [0.1, 0.15) is 5.75 Å². The molecule has 3 heterocycles. The van der Waals surface area contributed by atoms with Gasteiger partial charge in [-0.1, -0.05) is 0 Å². The van der Waals surface area contributed by atoms with Gasteiger partial charge in [0, 0.05) is 38.5 Å². The van der Waals surface area contributed by atoms with Crippen LogP contribution in [-0.4, -0.2) is 77.5 Å². The Morgan fingerprint density at radius 3 is 2.83 bits per heavy atom. The van der Waals surface area contributed by atoms with Crippen molar-refractivity contribution in [2.24, 2.45) is 0 Å². The molecule has 0 aliphatic carbocycles. The summed E-state index contributed by atoms with van der Waals surface area (Å²) < 4.78 is 13.1. The van der Waals surface area contributed by atoms with Crippen LogP contribution in [0.2, 0.25) is 0 Å². The molecule has 162 valence electrons. The van der Waals surface area contributed by atoms with Crippen LogP contribution in [0.3, 0.4) is 0 Å². The number of hydrogen-bond acceptors (Lipinski definition) is 5. The number of ether oxygens (including phenoxy) is 2. The smallest absolute Gasteiger partial charge is 0.257 e. The molecule has 0 N–H and O–H groups in total. The Labute approximate surface area is 178 Å². The maximum atomic E-state index is 12.7. The number of carbonyl (C=O) groups excluding carboxylic acids is 1. The number of likely N-dealkylation sites (tertiary alicyclic amines) is 1. The van der Waals surface area contributed by atoms with Gasteiger partial charge in [-0.15, -0.1) is 0 Å². The molecule has 1 atom stereocenters. The average Bonchev–Trinajstić information content (AvgIpc) is 3.33. The summed E-state index contributed by atoms with van der Waals surface area (Å²) in [6.45, 7) is 8.03. The summed E-state index contributed by atoms with van der Waals surface area (Å²) in [6.07, 6.45) is 7.97. The lowest BCUT2D eigenvalue weighted by Crippen LogP contribution is -2.32. The molecule has 2 aliphatic heterocycles. The lowest BCUT2D eigenvalue weighted by atomic mass is 10.2. The molecule has 2 aliphatic rings. The minimum absolute atomic E-state index is 0.0130. The van der Waals surface area contributed by atoms with Crippen LogP contribution >= 0.6 is 0 Å². The van der Waals surface area contributed by atoms with Crippen LogP contribution < -0.4 is 4.74 Å². The number of rotatable bonds is 7. The highest BCUT2D eigenvalue weighted by molar-refractivity contribution is 5.93. The molecule has 0 spiro atoms. The van der Waals surface area contributed by atoms with Gasteiger partial charge in [-0.25, -0.2) is 4.68 Å². The number of nitrogens with zero attached hydrogens (tertiary/aromatic N) is 4. The monoisotopic (exact) mass is 412 g/mol. The normalized spacial score (nSPS) is 20.3. The van der Waals surface area contributed by atoms with Crippen molar-refractivity contribution in [3.63, 3.8) is 0 Å². The van der Waals surface area contributed by atoms with Crippen molar-refractivity contribution in [2.75, 3.05) is 46.0 Å². The molecule has 2 aromatic rings. The minimum atomic E-state index is 0.0130. The topological polar surface area (TPSA) is 59.8 Å². The molecule has 1 unspecified atom stereocenters. The van der Waals surface area contributed by atoms with Gasteiger partial charge >= 0.3 is 0 Å². The van der Waals surface area contributed by atoms with Crippen LogP contribution in [0.4, 0.5) is 0 Å². The Balaban J connectivity index is 1.28. The van der Waals surface area contributed by atoms with E-state index >= 15 is 0 Å². The predicted molar refractivity (Wildman–Crippen MR) is 115 cm³/mol. The van der Waals surface area contributed by atoms with Crippen molar-refractivity contribution in [1.29, 1.82) is 0 Å². The van der Waals surface area contributed by atoms with E-state index < -0.39 is 0 Å². The first kappa shape index (κ1) is 20.9. The Kier molecular flexibility index (Phi) is 7.02. The van der Waals surface area contributed by atoms with E-state index in [4.69, 9.17) is 9.47 Å². The molecule has 7 nitrogen and oxygen atoms in total. The van der Waals surface area contributed by atoms with E-state index in [0.717, 1.165) is 50.6 Å². The molecule has 7 heteroatoms. The fourth-order valence-electron chi connectivity index (χ4n) is 4.18. The molecule has 30 heavy (non-hydrogen) atoms. The maximum absolute atomic E-state index is 12.7. The van der Waals surface area contributed by atoms with E-state index in [9.17, 15) is 4.79 Å². The lowest BCUT2D eigenvalue weighted by Gasteiger charge is -2.20. The Bertz CT molecular complexity index is 812. The van der Waals surface area contributed by atoms with Gasteiger partial charge in [0.2, 0.25) is 0 Å². The van der Waals surface area contributed by atoms with Crippen molar-refractivity contribution < 1.29 is 14.3 Å². The Morgan fingerprint density at radius 1 is 1.17 bits per heavy atom. The minimum Gasteiger partial charge on any atom is -0.494 e. The van der Waals surface area contributed by atoms with Gasteiger partial charge < -0.3 is 19.3 Å². The second kappa shape index (κ2) is 10.1. The maximum Gasteiger partial charge on any atom is 0.257 e. The fraction of sp³-hybridized carbons (Fsp3) is 0.565. The standard InChI is InChI=1S/C23H32N4O3/c1-19-5-2-10-25(19)11-4-15-30-22-8-6-21(7-9-22)27-18-20(17-24-27)23(28)26-12-3-14-29-16-13-26/h6-9,17-19H,2-5,10-16H2,1H3. The number of amides is 1. The molecular formula is C23H32N4O3. The van der Waals surface area contributed by atoms with Gasteiger partial charge in [-0.05, 0) is 63.4 Å². The summed E-state index contributed by atoms with van der Waals surface area (Å²) in [4.78, 5) is 17.1. The fourth-order valence-corrected chi connectivity index (χ4v) is 4.18. The van der Waals surface area contributed by atoms with Crippen molar-refractivity contribution in [3.05, 3.63) is 42.2 Å². The third kappa shape index (κ3) is 5.21. The van der Waals surface area contributed by atoms with Gasteiger partial charge in [0.25, 0.3) is 5.91 Å². The van der Waals surface area contributed by atoms with Crippen LogP contribution in [0, 0.1) is 0 Å². The molecule has 4 rings (SSSR count). The summed E-state index contributed by atoms with van der Waals surface area (Å²) in [5.41, 5.74) is 1.51. The molecule has 0 saturated carbocycles. The zero-order chi connectivity index (χ0) is 20.8. The second-order valence-corrected chi connectivity index (χ2v) is 8.15. The molecular weight excluding hydrogens is 380 g/mol. The van der Waals surface area contributed by atoms with Crippen LogP contribution in [0.1, 0.15) is 43.0 Å². The molecule has 0 bridgehead atoms. The van der Waals surface area contributed by atoms with Crippen LogP contribution in [0.25, 0.3) is 5.69 Å². The second-order valence-electron chi connectivity index (χ2n) is 8.15. The highest BCUT2D eigenvalue weighted by atomic mass is 16.5. The van der Waals surface area contributed by atoms with Crippen LogP contribution in [0.5, 0.6) is 5.75 Å². The summed E-state index contributed by atoms with van der Waals surface area (Å²) in [5, 5.41) is 4.37. The van der Waals surface area contributed by atoms with Crippen LogP contribution in [0.15, 0.2) is 36.7 Å². The summed E-state index contributed by atoms with van der Waals surface area (Å²) in [5.74, 6) is 0.875. The van der Waals surface area contributed by atoms with Gasteiger partial charge in [-0.3, -0.25) is 4.79 Å². The molecule has 1 aromatic carbocycles. The number of carbonyl (C=O) groups is 1. The van der Waals surface area contributed by atoms with E-state index in [2.05, 4.69) is 16.9 Å². The summed E-state index contributed by atoms with van der Waals surface area (Å²) in [6, 6.07) is 8.58. The summed E-state index contributed by atoms with van der Waals surface area (Å²) >= 11 is 0. The first-order valence-corrected chi connectivity index (χ1v) is 11.1. The predicted octanol–water partition coefficient (Wildman–Crippen LogP) is 2.99. The van der Waals surface area contributed by atoms with Crippen molar-refractivity contribution in [1.82, 2.24) is 19.6 Å². The highest BCUT2D eigenvalue weighted by Gasteiger charge is 2.20.